The largest absolute Gasteiger partial charge is 0.491 e. The molecule has 0 amide bonds. The van der Waals surface area contributed by atoms with Crippen molar-refractivity contribution >= 4 is 26.0 Å². The van der Waals surface area contributed by atoms with Gasteiger partial charge in [-0.05, 0) is 59.6 Å². The fourth-order valence-corrected chi connectivity index (χ4v) is 4.38. The van der Waals surface area contributed by atoms with Crippen molar-refractivity contribution < 1.29 is 13.2 Å². The van der Waals surface area contributed by atoms with Crippen molar-refractivity contribution in [1.82, 2.24) is 3.97 Å². The highest BCUT2D eigenvalue weighted by molar-refractivity contribution is 9.10. The van der Waals surface area contributed by atoms with E-state index in [-0.39, 0.29) is 11.0 Å². The highest BCUT2D eigenvalue weighted by Gasteiger charge is 2.19. The van der Waals surface area contributed by atoms with Gasteiger partial charge in [-0.25, -0.2) is 12.4 Å². The molecule has 0 spiro atoms. The number of benzene rings is 2. The standard InChI is InChI=1S/C19H18BrNO3S/c1-14(2)24-16-10-8-15(9-11-16)18-12-21(13-19(18)20)25(22,23)17-6-4-3-5-7-17/h3-14H,1-2H3. The van der Waals surface area contributed by atoms with E-state index in [4.69, 9.17) is 4.74 Å². The van der Waals surface area contributed by atoms with Crippen LogP contribution >= 0.6 is 15.9 Å². The normalized spacial score (nSPS) is 11.7. The molecule has 0 aliphatic heterocycles. The van der Waals surface area contributed by atoms with E-state index in [1.165, 1.54) is 3.97 Å². The summed E-state index contributed by atoms with van der Waals surface area (Å²) in [4.78, 5) is 0.254. The van der Waals surface area contributed by atoms with Crippen LogP contribution in [-0.2, 0) is 10.0 Å². The fourth-order valence-electron chi connectivity index (χ4n) is 2.46. The average molecular weight is 420 g/mol. The van der Waals surface area contributed by atoms with Crippen LogP contribution in [0.1, 0.15) is 13.8 Å². The molecule has 0 unspecified atom stereocenters. The highest BCUT2D eigenvalue weighted by Crippen LogP contribution is 2.32. The van der Waals surface area contributed by atoms with Crippen LogP contribution in [0.5, 0.6) is 5.75 Å². The maximum Gasteiger partial charge on any atom is 0.267 e. The van der Waals surface area contributed by atoms with Crippen LogP contribution < -0.4 is 4.74 Å². The van der Waals surface area contributed by atoms with E-state index >= 15 is 0 Å². The molecule has 6 heteroatoms. The zero-order valence-corrected chi connectivity index (χ0v) is 16.3. The van der Waals surface area contributed by atoms with E-state index in [0.717, 1.165) is 16.9 Å². The van der Waals surface area contributed by atoms with Crippen molar-refractivity contribution in [3.63, 3.8) is 0 Å². The Kier molecular flexibility index (Phi) is 5.01. The van der Waals surface area contributed by atoms with Crippen molar-refractivity contribution in [2.45, 2.75) is 24.8 Å². The van der Waals surface area contributed by atoms with Crippen LogP contribution in [0.15, 0.2) is 76.4 Å². The molecule has 3 aromatic rings. The van der Waals surface area contributed by atoms with Gasteiger partial charge in [0.1, 0.15) is 5.75 Å². The summed E-state index contributed by atoms with van der Waals surface area (Å²) in [6.45, 7) is 3.94. The molecular formula is C19H18BrNO3S. The molecule has 130 valence electrons. The van der Waals surface area contributed by atoms with Crippen molar-refractivity contribution in [2.75, 3.05) is 0 Å². The maximum atomic E-state index is 12.7. The zero-order valence-electron chi connectivity index (χ0n) is 13.9. The van der Waals surface area contributed by atoms with Gasteiger partial charge in [-0.3, -0.25) is 0 Å². The Labute approximate surface area is 156 Å². The van der Waals surface area contributed by atoms with Gasteiger partial charge in [0, 0.05) is 22.4 Å². The molecule has 1 heterocycles. The van der Waals surface area contributed by atoms with Crippen LogP contribution in [0.25, 0.3) is 11.1 Å². The minimum absolute atomic E-state index is 0.106. The lowest BCUT2D eigenvalue weighted by Gasteiger charge is -2.10. The number of hydrogen-bond donors (Lipinski definition) is 0. The lowest BCUT2D eigenvalue weighted by atomic mass is 10.1. The number of rotatable bonds is 5. The van der Waals surface area contributed by atoms with E-state index in [1.807, 2.05) is 38.1 Å². The van der Waals surface area contributed by atoms with E-state index < -0.39 is 10.0 Å². The van der Waals surface area contributed by atoms with Crippen molar-refractivity contribution in [1.29, 1.82) is 0 Å². The molecule has 0 aliphatic carbocycles. The lowest BCUT2D eigenvalue weighted by Crippen LogP contribution is -2.10. The van der Waals surface area contributed by atoms with Gasteiger partial charge in [-0.2, -0.15) is 0 Å². The molecule has 25 heavy (non-hydrogen) atoms. The van der Waals surface area contributed by atoms with Gasteiger partial charge in [0.2, 0.25) is 0 Å². The summed E-state index contributed by atoms with van der Waals surface area (Å²) < 4.78 is 33.0. The van der Waals surface area contributed by atoms with Crippen LogP contribution in [0.2, 0.25) is 0 Å². The first-order valence-electron chi connectivity index (χ1n) is 7.83. The molecule has 0 saturated carbocycles. The molecule has 0 N–H and O–H groups in total. The molecule has 4 nitrogen and oxygen atoms in total. The van der Waals surface area contributed by atoms with E-state index in [9.17, 15) is 8.42 Å². The second-order valence-corrected chi connectivity index (χ2v) is 8.56. The van der Waals surface area contributed by atoms with E-state index in [1.54, 1.807) is 42.7 Å². The second-order valence-electron chi connectivity index (χ2n) is 5.86. The Balaban J connectivity index is 1.96. The summed E-state index contributed by atoms with van der Waals surface area (Å²) in [7, 11) is -3.61. The summed E-state index contributed by atoms with van der Waals surface area (Å²) in [5.74, 6) is 0.784. The Hall–Kier alpha value is -2.05. The van der Waals surface area contributed by atoms with Gasteiger partial charge in [-0.15, -0.1) is 0 Å². The third-order valence-corrected chi connectivity index (χ3v) is 5.88. The Morgan fingerprint density at radius 2 is 1.60 bits per heavy atom. The molecule has 0 aliphatic rings. The molecule has 3 rings (SSSR count). The van der Waals surface area contributed by atoms with E-state index in [0.29, 0.717) is 4.47 Å². The SMILES string of the molecule is CC(C)Oc1ccc(-c2cn(S(=O)(=O)c3ccccc3)cc2Br)cc1. The quantitative estimate of drug-likeness (QED) is 0.588. The van der Waals surface area contributed by atoms with Crippen LogP contribution in [0.3, 0.4) is 0 Å². The molecule has 0 atom stereocenters. The Bertz CT molecular complexity index is 962. The van der Waals surface area contributed by atoms with E-state index in [2.05, 4.69) is 15.9 Å². The fraction of sp³-hybridized carbons (Fsp3) is 0.158. The summed E-state index contributed by atoms with van der Waals surface area (Å²) >= 11 is 3.46. The van der Waals surface area contributed by atoms with Crippen molar-refractivity contribution in [3.8, 4) is 16.9 Å². The molecule has 0 fully saturated rings. The minimum atomic E-state index is -3.61. The third-order valence-electron chi connectivity index (χ3n) is 3.61. The Morgan fingerprint density at radius 3 is 2.20 bits per heavy atom. The number of hydrogen-bond acceptors (Lipinski definition) is 3. The second kappa shape index (κ2) is 7.06. The monoisotopic (exact) mass is 419 g/mol. The minimum Gasteiger partial charge on any atom is -0.491 e. The average Bonchev–Trinajstić information content (AvgIpc) is 2.98. The molecule has 0 radical (unpaired) electrons. The maximum absolute atomic E-state index is 12.7. The summed E-state index contributed by atoms with van der Waals surface area (Å²) in [5.41, 5.74) is 1.71. The molecule has 2 aromatic carbocycles. The third kappa shape index (κ3) is 3.80. The highest BCUT2D eigenvalue weighted by atomic mass is 79.9. The Morgan fingerprint density at radius 1 is 0.960 bits per heavy atom. The molecule has 1 aromatic heterocycles. The number of aromatic nitrogens is 1. The first kappa shape index (κ1) is 17.8. The van der Waals surface area contributed by atoms with Gasteiger partial charge < -0.3 is 4.74 Å². The first-order chi connectivity index (χ1) is 11.9. The summed E-state index contributed by atoms with van der Waals surface area (Å²) in [5, 5.41) is 0. The smallest absolute Gasteiger partial charge is 0.267 e. The van der Waals surface area contributed by atoms with Crippen LogP contribution in [0.4, 0.5) is 0 Å². The number of halogens is 1. The van der Waals surface area contributed by atoms with Gasteiger partial charge >= 0.3 is 0 Å². The van der Waals surface area contributed by atoms with Gasteiger partial charge in [0.25, 0.3) is 10.0 Å². The van der Waals surface area contributed by atoms with Gasteiger partial charge in [-0.1, -0.05) is 30.3 Å². The van der Waals surface area contributed by atoms with Crippen molar-refractivity contribution in [2.24, 2.45) is 0 Å². The predicted molar refractivity (Wildman–Crippen MR) is 102 cm³/mol. The summed E-state index contributed by atoms with van der Waals surface area (Å²) in [6, 6.07) is 16.0. The zero-order chi connectivity index (χ0) is 18.0. The van der Waals surface area contributed by atoms with Gasteiger partial charge in [0.05, 0.1) is 11.0 Å². The topological polar surface area (TPSA) is 48.3 Å². The van der Waals surface area contributed by atoms with Crippen LogP contribution in [0, 0.1) is 0 Å². The van der Waals surface area contributed by atoms with Gasteiger partial charge in [0.15, 0.2) is 0 Å². The van der Waals surface area contributed by atoms with Crippen molar-refractivity contribution in [3.05, 3.63) is 71.5 Å². The number of ether oxygens (including phenoxy) is 1. The molecule has 0 bridgehead atoms. The lowest BCUT2D eigenvalue weighted by molar-refractivity contribution is 0.242. The molecule has 0 saturated heterocycles. The predicted octanol–water partition coefficient (Wildman–Crippen LogP) is 4.94. The first-order valence-corrected chi connectivity index (χ1v) is 10.1. The summed E-state index contributed by atoms with van der Waals surface area (Å²) in [6.07, 6.45) is 3.29. The van der Waals surface area contributed by atoms with Crippen LogP contribution in [-0.4, -0.2) is 18.5 Å². The molecular weight excluding hydrogens is 402 g/mol. The number of nitrogens with zero attached hydrogens (tertiary/aromatic N) is 1.